The lowest BCUT2D eigenvalue weighted by Gasteiger charge is -2.35. The van der Waals surface area contributed by atoms with Crippen LogP contribution in [-0.2, 0) is 16.0 Å². The van der Waals surface area contributed by atoms with Crippen LogP contribution < -0.4 is 0 Å². The number of benzene rings is 1. The number of nitrogens with zero attached hydrogens (tertiary/aromatic N) is 1. The highest BCUT2D eigenvalue weighted by Gasteiger charge is 2.30. The summed E-state index contributed by atoms with van der Waals surface area (Å²) in [6.45, 7) is 1.40. The maximum atomic E-state index is 13.0. The van der Waals surface area contributed by atoms with Crippen LogP contribution in [0.4, 0.5) is 0 Å². The molecule has 1 atom stereocenters. The Hall–Kier alpha value is -2.15. The largest absolute Gasteiger partial charge is 0.377 e. The number of fused-ring (bicyclic) bond motifs is 1. The van der Waals surface area contributed by atoms with Crippen LogP contribution in [0, 0.1) is 0 Å². The first-order valence-electron chi connectivity index (χ1n) is 8.81. The molecule has 5 nitrogen and oxygen atoms in total. The van der Waals surface area contributed by atoms with Crippen LogP contribution in [0.2, 0.25) is 5.02 Å². The van der Waals surface area contributed by atoms with Crippen LogP contribution in [-0.4, -0.2) is 47.4 Å². The number of ketones is 1. The molecule has 7 heteroatoms. The second-order valence-corrected chi connectivity index (χ2v) is 7.99. The Morgan fingerprint density at radius 1 is 1.33 bits per heavy atom. The van der Waals surface area contributed by atoms with E-state index in [1.807, 2.05) is 41.9 Å². The number of carbonyl (C=O) groups excluding carboxylic acids is 2. The molecular formula is C20H19ClN2O3S. The maximum absolute atomic E-state index is 13.0. The van der Waals surface area contributed by atoms with E-state index >= 15 is 0 Å². The van der Waals surface area contributed by atoms with Gasteiger partial charge >= 0.3 is 0 Å². The lowest BCUT2D eigenvalue weighted by molar-refractivity contribution is -0.138. The van der Waals surface area contributed by atoms with Crippen molar-refractivity contribution in [3.05, 3.63) is 57.4 Å². The molecular weight excluding hydrogens is 384 g/mol. The second kappa shape index (κ2) is 7.84. The molecule has 0 radical (unpaired) electrons. The third-order valence-electron chi connectivity index (χ3n) is 4.84. The standard InChI is InChI=1S/C20H19ClN2O3S/c21-14-3-4-16-13(11-22-17(16)9-14)8-20(25)23-5-6-26-12-15(23)10-18(24)19-2-1-7-27-19/h1-4,7,9,11,15,22H,5-6,8,10,12H2/t15-/m0/s1. The summed E-state index contributed by atoms with van der Waals surface area (Å²) in [5.41, 5.74) is 1.85. The van der Waals surface area contributed by atoms with Gasteiger partial charge in [0, 0.05) is 35.1 Å². The molecule has 0 saturated carbocycles. The molecule has 0 spiro atoms. The van der Waals surface area contributed by atoms with Gasteiger partial charge in [-0.2, -0.15) is 0 Å². The fraction of sp³-hybridized carbons (Fsp3) is 0.300. The van der Waals surface area contributed by atoms with Gasteiger partial charge in [0.1, 0.15) is 0 Å². The molecule has 1 aromatic carbocycles. The molecule has 27 heavy (non-hydrogen) atoms. The van der Waals surface area contributed by atoms with E-state index in [1.165, 1.54) is 11.3 Å². The minimum absolute atomic E-state index is 0.0122. The summed E-state index contributed by atoms with van der Waals surface area (Å²) >= 11 is 7.45. The molecule has 1 aliphatic rings. The zero-order valence-electron chi connectivity index (χ0n) is 14.6. The Morgan fingerprint density at radius 3 is 3.04 bits per heavy atom. The number of nitrogens with one attached hydrogen (secondary N) is 1. The second-order valence-electron chi connectivity index (χ2n) is 6.60. The molecule has 0 unspecified atom stereocenters. The number of rotatable bonds is 5. The highest BCUT2D eigenvalue weighted by molar-refractivity contribution is 7.12. The number of amides is 1. The normalized spacial score (nSPS) is 17.4. The van der Waals surface area contributed by atoms with Gasteiger partial charge in [-0.05, 0) is 29.1 Å². The van der Waals surface area contributed by atoms with E-state index in [2.05, 4.69) is 4.98 Å². The summed E-state index contributed by atoms with van der Waals surface area (Å²) in [6.07, 6.45) is 2.42. The molecule has 4 rings (SSSR count). The number of Topliss-reactive ketones (excluding diaryl/α,β-unsaturated/α-hetero) is 1. The quantitative estimate of drug-likeness (QED) is 0.658. The summed E-state index contributed by atoms with van der Waals surface area (Å²) in [4.78, 5) is 31.1. The van der Waals surface area contributed by atoms with E-state index < -0.39 is 0 Å². The topological polar surface area (TPSA) is 62.4 Å². The first-order valence-corrected chi connectivity index (χ1v) is 10.1. The van der Waals surface area contributed by atoms with Gasteiger partial charge < -0.3 is 14.6 Å². The average Bonchev–Trinajstić information content (AvgIpc) is 3.32. The Balaban J connectivity index is 1.49. The van der Waals surface area contributed by atoms with Gasteiger partial charge in [-0.3, -0.25) is 9.59 Å². The van der Waals surface area contributed by atoms with E-state index in [0.29, 0.717) is 24.8 Å². The molecule has 1 fully saturated rings. The zero-order chi connectivity index (χ0) is 18.8. The van der Waals surface area contributed by atoms with Gasteiger partial charge in [0.25, 0.3) is 0 Å². The average molecular weight is 403 g/mol. The molecule has 1 aliphatic heterocycles. The first-order chi connectivity index (χ1) is 13.1. The predicted molar refractivity (Wildman–Crippen MR) is 107 cm³/mol. The van der Waals surface area contributed by atoms with Crippen LogP contribution in [0.5, 0.6) is 0 Å². The summed E-state index contributed by atoms with van der Waals surface area (Å²) in [7, 11) is 0. The third-order valence-corrected chi connectivity index (χ3v) is 5.98. The number of hydrogen-bond donors (Lipinski definition) is 1. The van der Waals surface area contributed by atoms with Crippen molar-refractivity contribution in [3.63, 3.8) is 0 Å². The number of carbonyl (C=O) groups is 2. The maximum Gasteiger partial charge on any atom is 0.227 e. The number of aromatic amines is 1. The first kappa shape index (κ1) is 18.2. The van der Waals surface area contributed by atoms with Crippen molar-refractivity contribution in [1.29, 1.82) is 0 Å². The summed E-state index contributed by atoms with van der Waals surface area (Å²) in [5.74, 6) is 0.0677. The number of thiophene rings is 1. The van der Waals surface area contributed by atoms with Crippen LogP contribution in [0.25, 0.3) is 10.9 Å². The molecule has 1 N–H and O–H groups in total. The number of aromatic nitrogens is 1. The van der Waals surface area contributed by atoms with Crippen molar-refractivity contribution < 1.29 is 14.3 Å². The van der Waals surface area contributed by atoms with Gasteiger partial charge in [0.2, 0.25) is 5.91 Å². The summed E-state index contributed by atoms with van der Waals surface area (Å²) in [5, 5.41) is 3.53. The van der Waals surface area contributed by atoms with Gasteiger partial charge in [-0.1, -0.05) is 23.7 Å². The summed E-state index contributed by atoms with van der Waals surface area (Å²) in [6, 6.07) is 9.06. The lowest BCUT2D eigenvalue weighted by atomic mass is 10.0. The Kier molecular flexibility index (Phi) is 5.29. The van der Waals surface area contributed by atoms with Crippen LogP contribution >= 0.6 is 22.9 Å². The molecule has 0 aliphatic carbocycles. The number of H-pyrrole nitrogens is 1. The molecule has 3 heterocycles. The van der Waals surface area contributed by atoms with E-state index in [1.54, 1.807) is 4.90 Å². The molecule has 2 aromatic heterocycles. The van der Waals surface area contributed by atoms with Crippen molar-refractivity contribution >= 4 is 45.5 Å². The zero-order valence-corrected chi connectivity index (χ0v) is 16.2. The number of halogens is 1. The van der Waals surface area contributed by atoms with Crippen molar-refractivity contribution in [2.45, 2.75) is 18.9 Å². The van der Waals surface area contributed by atoms with Crippen LogP contribution in [0.15, 0.2) is 41.9 Å². The highest BCUT2D eigenvalue weighted by Crippen LogP contribution is 2.24. The number of morpholine rings is 1. The van der Waals surface area contributed by atoms with Crippen molar-refractivity contribution in [2.24, 2.45) is 0 Å². The smallest absolute Gasteiger partial charge is 0.227 e. The Morgan fingerprint density at radius 2 is 2.22 bits per heavy atom. The SMILES string of the molecule is O=C(C[C@H]1COCCN1C(=O)Cc1c[nH]c2cc(Cl)ccc12)c1cccs1. The van der Waals surface area contributed by atoms with E-state index in [-0.39, 0.29) is 30.6 Å². The molecule has 0 bridgehead atoms. The number of hydrogen-bond acceptors (Lipinski definition) is 4. The summed E-state index contributed by atoms with van der Waals surface area (Å²) < 4.78 is 5.54. The van der Waals surface area contributed by atoms with E-state index in [9.17, 15) is 9.59 Å². The molecule has 1 saturated heterocycles. The van der Waals surface area contributed by atoms with E-state index in [4.69, 9.17) is 16.3 Å². The number of ether oxygens (including phenoxy) is 1. The highest BCUT2D eigenvalue weighted by atomic mass is 35.5. The van der Waals surface area contributed by atoms with Crippen molar-refractivity contribution in [1.82, 2.24) is 9.88 Å². The minimum atomic E-state index is -0.222. The van der Waals surface area contributed by atoms with Gasteiger partial charge in [0.15, 0.2) is 5.78 Å². The molecule has 3 aromatic rings. The lowest BCUT2D eigenvalue weighted by Crippen LogP contribution is -2.50. The van der Waals surface area contributed by atoms with Gasteiger partial charge in [-0.15, -0.1) is 11.3 Å². The van der Waals surface area contributed by atoms with Crippen LogP contribution in [0.1, 0.15) is 21.7 Å². The van der Waals surface area contributed by atoms with Crippen molar-refractivity contribution in [3.8, 4) is 0 Å². The van der Waals surface area contributed by atoms with Crippen molar-refractivity contribution in [2.75, 3.05) is 19.8 Å². The Labute approximate surface area is 165 Å². The third kappa shape index (κ3) is 3.93. The fourth-order valence-corrected chi connectivity index (χ4v) is 4.32. The van der Waals surface area contributed by atoms with Gasteiger partial charge in [-0.25, -0.2) is 0 Å². The fourth-order valence-electron chi connectivity index (χ4n) is 3.47. The monoisotopic (exact) mass is 402 g/mol. The van der Waals surface area contributed by atoms with Crippen LogP contribution in [0.3, 0.4) is 0 Å². The van der Waals surface area contributed by atoms with E-state index in [0.717, 1.165) is 21.3 Å². The molecule has 1 amide bonds. The van der Waals surface area contributed by atoms with Gasteiger partial charge in [0.05, 0.1) is 30.6 Å². The minimum Gasteiger partial charge on any atom is -0.377 e. The predicted octanol–water partition coefficient (Wildman–Crippen LogP) is 3.93. The molecule has 140 valence electrons. The Bertz CT molecular complexity index is 967.